The Morgan fingerprint density at radius 2 is 1.62 bits per heavy atom. The highest BCUT2D eigenvalue weighted by Crippen LogP contribution is 2.13. The molecule has 6 heteroatoms. The number of benzene rings is 2. The number of anilines is 1. The lowest BCUT2D eigenvalue weighted by atomic mass is 10.1. The first kappa shape index (κ1) is 18.0. The smallest absolute Gasteiger partial charge is 0.250 e. The number of hydrogen-bond donors (Lipinski definition) is 2. The van der Waals surface area contributed by atoms with Crippen LogP contribution >= 0.6 is 11.6 Å². The van der Waals surface area contributed by atoms with Gasteiger partial charge in [0.2, 0.25) is 11.8 Å². The second-order valence-electron chi connectivity index (χ2n) is 5.25. The van der Waals surface area contributed by atoms with Crippen LogP contribution in [0.4, 0.5) is 5.69 Å². The predicted octanol–water partition coefficient (Wildman–Crippen LogP) is 3.17. The van der Waals surface area contributed by atoms with Crippen molar-refractivity contribution in [3.05, 3.63) is 65.2 Å². The van der Waals surface area contributed by atoms with Gasteiger partial charge in [0.15, 0.2) is 0 Å². The molecule has 0 radical (unpaired) electrons. The summed E-state index contributed by atoms with van der Waals surface area (Å²) in [4.78, 5) is 23.5. The Hall–Kier alpha value is -2.37. The first-order valence-electron chi connectivity index (χ1n) is 7.52. The number of carbonyl (C=O) groups excluding carboxylic acids is 2. The lowest BCUT2D eigenvalue weighted by molar-refractivity contribution is -0.129. The van der Waals surface area contributed by atoms with Crippen LogP contribution < -0.4 is 10.6 Å². The van der Waals surface area contributed by atoms with E-state index in [0.29, 0.717) is 10.7 Å². The molecule has 0 aliphatic carbocycles. The number of rotatable bonds is 7. The molecule has 0 bridgehead atoms. The van der Waals surface area contributed by atoms with Crippen LogP contribution in [0, 0.1) is 0 Å². The molecule has 0 aliphatic rings. The lowest BCUT2D eigenvalue weighted by Gasteiger charge is -2.14. The second-order valence-corrected chi connectivity index (χ2v) is 5.68. The summed E-state index contributed by atoms with van der Waals surface area (Å²) in [5.41, 5.74) is 1.63. The average molecular weight is 347 g/mol. The number of ether oxygens (including phenoxy) is 1. The minimum atomic E-state index is -0.332. The monoisotopic (exact) mass is 346 g/mol. The zero-order chi connectivity index (χ0) is 17.4. The highest BCUT2D eigenvalue weighted by molar-refractivity contribution is 6.30. The number of amides is 2. The van der Waals surface area contributed by atoms with Gasteiger partial charge in [-0.2, -0.15) is 0 Å². The van der Waals surface area contributed by atoms with Gasteiger partial charge >= 0.3 is 0 Å². The minimum Gasteiger partial charge on any atom is -0.362 e. The number of halogens is 1. The maximum atomic E-state index is 11.8. The van der Waals surface area contributed by atoms with Crippen molar-refractivity contribution < 1.29 is 14.3 Å². The molecule has 0 heterocycles. The Morgan fingerprint density at radius 3 is 2.29 bits per heavy atom. The molecule has 2 aromatic carbocycles. The molecule has 2 aromatic rings. The van der Waals surface area contributed by atoms with E-state index in [1.165, 1.54) is 0 Å². The molecule has 0 aromatic heterocycles. The van der Waals surface area contributed by atoms with Gasteiger partial charge in [-0.1, -0.05) is 41.9 Å². The molecule has 2 rings (SSSR count). The standard InChI is InChI=1S/C18H19ClN2O3/c1-13(14-5-3-2-4-6-14)20-17(22)11-24-12-18(23)21-16-9-7-15(19)8-10-16/h2-10,13H,11-12H2,1H3,(H,20,22)(H,21,23). The topological polar surface area (TPSA) is 67.4 Å². The van der Waals surface area contributed by atoms with Gasteiger partial charge in [0.25, 0.3) is 0 Å². The van der Waals surface area contributed by atoms with E-state index in [2.05, 4.69) is 10.6 Å². The SMILES string of the molecule is CC(NC(=O)COCC(=O)Nc1ccc(Cl)cc1)c1ccccc1. The van der Waals surface area contributed by atoms with E-state index in [0.717, 1.165) is 5.56 Å². The largest absolute Gasteiger partial charge is 0.362 e. The van der Waals surface area contributed by atoms with Crippen molar-refractivity contribution in [3.63, 3.8) is 0 Å². The maximum absolute atomic E-state index is 11.8. The van der Waals surface area contributed by atoms with Gasteiger partial charge in [0.05, 0.1) is 6.04 Å². The first-order chi connectivity index (χ1) is 11.5. The summed E-state index contributed by atoms with van der Waals surface area (Å²) >= 11 is 5.77. The molecule has 126 valence electrons. The zero-order valence-electron chi connectivity index (χ0n) is 13.3. The van der Waals surface area contributed by atoms with E-state index in [-0.39, 0.29) is 31.1 Å². The molecular formula is C18H19ClN2O3. The van der Waals surface area contributed by atoms with Crippen molar-refractivity contribution >= 4 is 29.1 Å². The Morgan fingerprint density at radius 1 is 1.00 bits per heavy atom. The Labute approximate surface area is 146 Å². The van der Waals surface area contributed by atoms with Crippen molar-refractivity contribution in [2.24, 2.45) is 0 Å². The highest BCUT2D eigenvalue weighted by Gasteiger charge is 2.10. The van der Waals surface area contributed by atoms with E-state index < -0.39 is 0 Å². The van der Waals surface area contributed by atoms with Gasteiger partial charge in [-0.25, -0.2) is 0 Å². The van der Waals surface area contributed by atoms with Crippen LogP contribution in [-0.2, 0) is 14.3 Å². The molecule has 0 saturated heterocycles. The van der Waals surface area contributed by atoms with Gasteiger partial charge in [-0.15, -0.1) is 0 Å². The molecule has 0 aliphatic heterocycles. The fourth-order valence-electron chi connectivity index (χ4n) is 2.07. The van der Waals surface area contributed by atoms with Gasteiger partial charge in [0.1, 0.15) is 13.2 Å². The van der Waals surface area contributed by atoms with Crippen LogP contribution in [0.1, 0.15) is 18.5 Å². The normalized spacial score (nSPS) is 11.6. The Bertz CT molecular complexity index is 674. The third kappa shape index (κ3) is 6.02. The summed E-state index contributed by atoms with van der Waals surface area (Å²) < 4.78 is 5.14. The van der Waals surface area contributed by atoms with Gasteiger partial charge in [0, 0.05) is 10.7 Å². The summed E-state index contributed by atoms with van der Waals surface area (Å²) in [7, 11) is 0. The van der Waals surface area contributed by atoms with Crippen molar-refractivity contribution in [1.29, 1.82) is 0 Å². The van der Waals surface area contributed by atoms with Crippen molar-refractivity contribution in [3.8, 4) is 0 Å². The van der Waals surface area contributed by atoms with E-state index in [9.17, 15) is 9.59 Å². The van der Waals surface area contributed by atoms with Crippen LogP contribution in [0.25, 0.3) is 0 Å². The molecule has 0 saturated carbocycles. The highest BCUT2D eigenvalue weighted by atomic mass is 35.5. The number of nitrogens with one attached hydrogen (secondary N) is 2. The zero-order valence-corrected chi connectivity index (χ0v) is 14.0. The van der Waals surface area contributed by atoms with Crippen LogP contribution in [0.5, 0.6) is 0 Å². The third-order valence-corrected chi connectivity index (χ3v) is 3.52. The molecule has 24 heavy (non-hydrogen) atoms. The fraction of sp³-hybridized carbons (Fsp3) is 0.222. The van der Waals surface area contributed by atoms with Gasteiger partial charge in [-0.3, -0.25) is 9.59 Å². The van der Waals surface area contributed by atoms with Crippen LogP contribution in [-0.4, -0.2) is 25.0 Å². The molecule has 1 unspecified atom stereocenters. The van der Waals surface area contributed by atoms with Crippen molar-refractivity contribution in [1.82, 2.24) is 5.32 Å². The summed E-state index contributed by atoms with van der Waals surface area (Å²) in [6.45, 7) is 1.52. The lowest BCUT2D eigenvalue weighted by Crippen LogP contribution is -2.31. The summed E-state index contributed by atoms with van der Waals surface area (Å²) in [6, 6.07) is 16.2. The number of carbonyl (C=O) groups is 2. The minimum absolute atomic E-state index is 0.120. The molecule has 5 nitrogen and oxygen atoms in total. The van der Waals surface area contributed by atoms with Crippen LogP contribution in [0.15, 0.2) is 54.6 Å². The summed E-state index contributed by atoms with van der Waals surface area (Å²) in [6.07, 6.45) is 0. The van der Waals surface area contributed by atoms with Crippen molar-refractivity contribution in [2.45, 2.75) is 13.0 Å². The molecule has 2 N–H and O–H groups in total. The van der Waals surface area contributed by atoms with Gasteiger partial charge < -0.3 is 15.4 Å². The van der Waals surface area contributed by atoms with Crippen molar-refractivity contribution in [2.75, 3.05) is 18.5 Å². The predicted molar refractivity (Wildman–Crippen MR) is 93.9 cm³/mol. The second kappa shape index (κ2) is 9.05. The van der Waals surface area contributed by atoms with E-state index in [4.69, 9.17) is 16.3 Å². The van der Waals surface area contributed by atoms with E-state index in [1.807, 2.05) is 37.3 Å². The fourth-order valence-corrected chi connectivity index (χ4v) is 2.20. The molecular weight excluding hydrogens is 328 g/mol. The maximum Gasteiger partial charge on any atom is 0.250 e. The molecule has 0 spiro atoms. The van der Waals surface area contributed by atoms with E-state index >= 15 is 0 Å². The number of hydrogen-bond acceptors (Lipinski definition) is 3. The quantitative estimate of drug-likeness (QED) is 0.809. The Kier molecular flexibility index (Phi) is 6.78. The molecule has 0 fully saturated rings. The summed E-state index contributed by atoms with van der Waals surface area (Å²) in [5, 5.41) is 6.06. The molecule has 1 atom stereocenters. The molecule has 2 amide bonds. The van der Waals surface area contributed by atoms with E-state index in [1.54, 1.807) is 24.3 Å². The average Bonchev–Trinajstić information content (AvgIpc) is 2.57. The van der Waals surface area contributed by atoms with Crippen LogP contribution in [0.2, 0.25) is 5.02 Å². The first-order valence-corrected chi connectivity index (χ1v) is 7.90. The summed E-state index contributed by atoms with van der Waals surface area (Å²) in [5.74, 6) is -0.605. The van der Waals surface area contributed by atoms with Gasteiger partial charge in [-0.05, 0) is 36.8 Å². The third-order valence-electron chi connectivity index (χ3n) is 3.27. The Balaban J connectivity index is 1.68. The van der Waals surface area contributed by atoms with Crippen LogP contribution in [0.3, 0.4) is 0 Å².